The Morgan fingerprint density at radius 2 is 1.59 bits per heavy atom. The van der Waals surface area contributed by atoms with Crippen molar-refractivity contribution in [3.05, 3.63) is 71.4 Å². The maximum Gasteiger partial charge on any atom is 0.360 e. The standard InChI is InChI=1S/C23H21F2N3O4/c1-23(2,3)32-21(29)13-7-5-8-14(11-13)26-18-12-17(27-28-20(18)22(30)31-4)19-15(24)9-6-10-16(19)25/h5-12H,1-4H3,(H,26,27). The zero-order valence-corrected chi connectivity index (χ0v) is 17.9. The van der Waals surface area contributed by atoms with Gasteiger partial charge in [0.2, 0.25) is 0 Å². The first kappa shape index (κ1) is 22.8. The van der Waals surface area contributed by atoms with Gasteiger partial charge in [0.15, 0.2) is 5.69 Å². The lowest BCUT2D eigenvalue weighted by Crippen LogP contribution is -2.23. The monoisotopic (exact) mass is 441 g/mol. The van der Waals surface area contributed by atoms with Crippen molar-refractivity contribution in [2.75, 3.05) is 12.4 Å². The second-order valence-electron chi connectivity index (χ2n) is 7.79. The van der Waals surface area contributed by atoms with E-state index >= 15 is 0 Å². The van der Waals surface area contributed by atoms with Gasteiger partial charge in [-0.15, -0.1) is 10.2 Å². The Kier molecular flexibility index (Phi) is 6.47. The number of halogens is 2. The molecule has 0 aliphatic carbocycles. The highest BCUT2D eigenvalue weighted by atomic mass is 19.1. The molecule has 0 atom stereocenters. The highest BCUT2D eigenvalue weighted by Gasteiger charge is 2.21. The Bertz CT molecular complexity index is 1160. The number of hydrogen-bond donors (Lipinski definition) is 1. The highest BCUT2D eigenvalue weighted by Crippen LogP contribution is 2.29. The van der Waals surface area contributed by atoms with Gasteiger partial charge in [0.25, 0.3) is 0 Å². The number of aromatic nitrogens is 2. The van der Waals surface area contributed by atoms with Crippen molar-refractivity contribution < 1.29 is 27.8 Å². The zero-order valence-electron chi connectivity index (χ0n) is 17.9. The summed E-state index contributed by atoms with van der Waals surface area (Å²) < 4.78 is 38.5. The number of carbonyl (C=O) groups excluding carboxylic acids is 2. The summed E-state index contributed by atoms with van der Waals surface area (Å²) in [6.07, 6.45) is 0. The molecular formula is C23H21F2N3O4. The lowest BCUT2D eigenvalue weighted by Gasteiger charge is -2.19. The molecule has 0 saturated heterocycles. The van der Waals surface area contributed by atoms with Crippen LogP contribution in [-0.2, 0) is 9.47 Å². The van der Waals surface area contributed by atoms with Gasteiger partial charge in [0.05, 0.1) is 23.9 Å². The number of anilines is 2. The molecule has 0 aliphatic rings. The summed E-state index contributed by atoms with van der Waals surface area (Å²) in [6, 6.07) is 11.0. The molecule has 3 aromatic rings. The van der Waals surface area contributed by atoms with E-state index < -0.39 is 29.2 Å². The molecule has 1 aromatic heterocycles. The second kappa shape index (κ2) is 9.09. The van der Waals surface area contributed by atoms with E-state index in [1.165, 1.54) is 25.3 Å². The summed E-state index contributed by atoms with van der Waals surface area (Å²) >= 11 is 0. The number of esters is 2. The second-order valence-corrected chi connectivity index (χ2v) is 7.79. The molecule has 2 aromatic carbocycles. The van der Waals surface area contributed by atoms with Crippen LogP contribution < -0.4 is 5.32 Å². The van der Waals surface area contributed by atoms with Crippen molar-refractivity contribution in [3.63, 3.8) is 0 Å². The van der Waals surface area contributed by atoms with Gasteiger partial charge >= 0.3 is 11.9 Å². The van der Waals surface area contributed by atoms with Gasteiger partial charge < -0.3 is 14.8 Å². The molecule has 9 heteroatoms. The number of nitrogens with zero attached hydrogens (tertiary/aromatic N) is 2. The van der Waals surface area contributed by atoms with E-state index in [-0.39, 0.29) is 28.2 Å². The van der Waals surface area contributed by atoms with E-state index in [0.29, 0.717) is 5.69 Å². The van der Waals surface area contributed by atoms with E-state index in [1.54, 1.807) is 39.0 Å². The summed E-state index contributed by atoms with van der Waals surface area (Å²) in [7, 11) is 1.17. The summed E-state index contributed by atoms with van der Waals surface area (Å²) in [4.78, 5) is 24.5. The summed E-state index contributed by atoms with van der Waals surface area (Å²) in [5.41, 5.74) is -0.618. The third kappa shape index (κ3) is 5.23. The molecule has 7 nitrogen and oxygen atoms in total. The van der Waals surface area contributed by atoms with Crippen molar-refractivity contribution in [1.82, 2.24) is 10.2 Å². The number of rotatable bonds is 5. The maximum atomic E-state index is 14.2. The fourth-order valence-corrected chi connectivity index (χ4v) is 2.82. The van der Waals surface area contributed by atoms with Crippen LogP contribution in [0.3, 0.4) is 0 Å². The fraction of sp³-hybridized carbons (Fsp3) is 0.217. The van der Waals surface area contributed by atoms with Crippen LogP contribution in [0.15, 0.2) is 48.5 Å². The van der Waals surface area contributed by atoms with Crippen LogP contribution in [0.5, 0.6) is 0 Å². The van der Waals surface area contributed by atoms with Gasteiger partial charge in [-0.1, -0.05) is 12.1 Å². The SMILES string of the molecule is COC(=O)c1nnc(-c2c(F)cccc2F)cc1Nc1cccc(C(=O)OC(C)(C)C)c1. The Hall–Kier alpha value is -3.88. The van der Waals surface area contributed by atoms with Crippen molar-refractivity contribution in [2.24, 2.45) is 0 Å². The van der Waals surface area contributed by atoms with Crippen molar-refractivity contribution in [1.29, 1.82) is 0 Å². The molecule has 0 fully saturated rings. The largest absolute Gasteiger partial charge is 0.464 e. The topological polar surface area (TPSA) is 90.4 Å². The number of methoxy groups -OCH3 is 1. The third-order valence-electron chi connectivity index (χ3n) is 4.17. The van der Waals surface area contributed by atoms with Crippen LogP contribution in [0.4, 0.5) is 20.2 Å². The Labute approximate surface area is 183 Å². The molecule has 0 radical (unpaired) electrons. The van der Waals surface area contributed by atoms with Gasteiger partial charge in [-0.2, -0.15) is 0 Å². The van der Waals surface area contributed by atoms with Gasteiger partial charge in [-0.3, -0.25) is 0 Å². The quantitative estimate of drug-likeness (QED) is 0.563. The van der Waals surface area contributed by atoms with Gasteiger partial charge in [-0.25, -0.2) is 18.4 Å². The van der Waals surface area contributed by atoms with Gasteiger partial charge in [-0.05, 0) is 57.2 Å². The van der Waals surface area contributed by atoms with Crippen molar-refractivity contribution >= 4 is 23.3 Å². The fourth-order valence-electron chi connectivity index (χ4n) is 2.82. The van der Waals surface area contributed by atoms with Crippen LogP contribution >= 0.6 is 0 Å². The van der Waals surface area contributed by atoms with Crippen LogP contribution in [0.25, 0.3) is 11.3 Å². The first-order valence-corrected chi connectivity index (χ1v) is 9.60. The molecule has 0 amide bonds. The minimum Gasteiger partial charge on any atom is -0.464 e. The Morgan fingerprint density at radius 3 is 2.22 bits per heavy atom. The molecular weight excluding hydrogens is 420 g/mol. The molecule has 0 saturated carbocycles. The first-order valence-electron chi connectivity index (χ1n) is 9.60. The van der Waals surface area contributed by atoms with Crippen LogP contribution in [0, 0.1) is 11.6 Å². The van der Waals surface area contributed by atoms with E-state index in [1.807, 2.05) is 0 Å². The van der Waals surface area contributed by atoms with Crippen molar-refractivity contribution in [3.8, 4) is 11.3 Å². The smallest absolute Gasteiger partial charge is 0.360 e. The predicted octanol–water partition coefficient (Wildman–Crippen LogP) is 4.91. The van der Waals surface area contributed by atoms with Crippen LogP contribution in [0.2, 0.25) is 0 Å². The average molecular weight is 441 g/mol. The van der Waals surface area contributed by atoms with E-state index in [0.717, 1.165) is 12.1 Å². The van der Waals surface area contributed by atoms with Gasteiger partial charge in [0.1, 0.15) is 22.9 Å². The number of carbonyl (C=O) groups is 2. The Morgan fingerprint density at radius 1 is 0.938 bits per heavy atom. The Balaban J connectivity index is 2.02. The predicted molar refractivity (Wildman–Crippen MR) is 114 cm³/mol. The molecule has 1 heterocycles. The van der Waals surface area contributed by atoms with Crippen LogP contribution in [-0.4, -0.2) is 34.8 Å². The van der Waals surface area contributed by atoms with Gasteiger partial charge in [0, 0.05) is 5.69 Å². The van der Waals surface area contributed by atoms with E-state index in [4.69, 9.17) is 9.47 Å². The lowest BCUT2D eigenvalue weighted by molar-refractivity contribution is 0.00693. The molecule has 1 N–H and O–H groups in total. The summed E-state index contributed by atoms with van der Waals surface area (Å²) in [5, 5.41) is 10.5. The minimum atomic E-state index is -0.831. The average Bonchev–Trinajstić information content (AvgIpc) is 2.72. The first-order chi connectivity index (χ1) is 15.1. The third-order valence-corrected chi connectivity index (χ3v) is 4.17. The number of ether oxygens (including phenoxy) is 2. The molecule has 0 bridgehead atoms. The van der Waals surface area contributed by atoms with Crippen LogP contribution in [0.1, 0.15) is 41.6 Å². The number of hydrogen-bond acceptors (Lipinski definition) is 7. The van der Waals surface area contributed by atoms with Crippen molar-refractivity contribution in [2.45, 2.75) is 26.4 Å². The normalized spacial score (nSPS) is 11.1. The molecule has 0 unspecified atom stereocenters. The molecule has 0 aliphatic heterocycles. The van der Waals surface area contributed by atoms with E-state index in [9.17, 15) is 18.4 Å². The maximum absolute atomic E-state index is 14.2. The summed E-state index contributed by atoms with van der Waals surface area (Å²) in [6.45, 7) is 5.25. The van der Waals surface area contributed by atoms with E-state index in [2.05, 4.69) is 15.5 Å². The molecule has 32 heavy (non-hydrogen) atoms. The summed E-state index contributed by atoms with van der Waals surface area (Å²) in [5.74, 6) is -2.99. The number of nitrogens with one attached hydrogen (secondary N) is 1. The lowest BCUT2D eigenvalue weighted by atomic mass is 10.1. The zero-order chi connectivity index (χ0) is 23.5. The highest BCUT2D eigenvalue weighted by molar-refractivity contribution is 5.95. The molecule has 166 valence electrons. The molecule has 0 spiro atoms. The number of benzene rings is 2. The molecule has 3 rings (SSSR count). The minimum absolute atomic E-state index is 0.0887.